The minimum Gasteiger partial charge on any atom is -0.383 e. The Kier molecular flexibility index (Phi) is 3.37. The second-order valence-electron chi connectivity index (χ2n) is 4.73. The van der Waals surface area contributed by atoms with Gasteiger partial charge in [-0.15, -0.1) is 0 Å². The lowest BCUT2D eigenvalue weighted by atomic mass is 10.3. The van der Waals surface area contributed by atoms with E-state index in [0.29, 0.717) is 0 Å². The van der Waals surface area contributed by atoms with Crippen LogP contribution in [-0.4, -0.2) is 16.1 Å². The van der Waals surface area contributed by atoms with Crippen LogP contribution in [-0.2, 0) is 6.54 Å². The van der Waals surface area contributed by atoms with Crippen LogP contribution in [0.4, 0.5) is 10.1 Å². The molecule has 2 aromatic carbocycles. The highest BCUT2D eigenvalue weighted by atomic mass is 19.1. The minimum absolute atomic E-state index is 0.216. The molecule has 0 saturated carbocycles. The van der Waals surface area contributed by atoms with Gasteiger partial charge in [0.1, 0.15) is 11.6 Å². The summed E-state index contributed by atoms with van der Waals surface area (Å²) in [5.74, 6) is 0.791. The van der Waals surface area contributed by atoms with E-state index < -0.39 is 0 Å². The molecule has 0 amide bonds. The first-order valence-electron chi connectivity index (χ1n) is 6.65. The lowest BCUT2D eigenvalue weighted by Crippen LogP contribution is -2.11. The number of aryl methyl sites for hydroxylation is 1. The number of hydrogen-bond acceptors (Lipinski definition) is 2. The molecule has 3 aromatic rings. The third-order valence-corrected chi connectivity index (χ3v) is 3.35. The normalized spacial score (nSPS) is 10.9. The molecule has 0 aliphatic carbocycles. The van der Waals surface area contributed by atoms with Crippen LogP contribution in [0, 0.1) is 12.7 Å². The third kappa shape index (κ3) is 2.50. The van der Waals surface area contributed by atoms with Crippen molar-refractivity contribution < 1.29 is 4.39 Å². The van der Waals surface area contributed by atoms with Crippen LogP contribution in [0.2, 0.25) is 0 Å². The Labute approximate surface area is 117 Å². The van der Waals surface area contributed by atoms with Crippen molar-refractivity contribution in [2.24, 2.45) is 0 Å². The van der Waals surface area contributed by atoms with Crippen molar-refractivity contribution in [3.05, 3.63) is 60.2 Å². The van der Waals surface area contributed by atoms with Crippen LogP contribution >= 0.6 is 0 Å². The first-order valence-corrected chi connectivity index (χ1v) is 6.65. The highest BCUT2D eigenvalue weighted by molar-refractivity contribution is 5.75. The SMILES string of the molecule is Cc1nc2ccccc2n1CCNc1ccc(F)cc1. The Hall–Kier alpha value is -2.36. The van der Waals surface area contributed by atoms with E-state index in [2.05, 4.69) is 20.9 Å². The number of anilines is 1. The summed E-state index contributed by atoms with van der Waals surface area (Å²) in [4.78, 5) is 4.54. The van der Waals surface area contributed by atoms with Crippen molar-refractivity contribution in [3.63, 3.8) is 0 Å². The van der Waals surface area contributed by atoms with E-state index >= 15 is 0 Å². The third-order valence-electron chi connectivity index (χ3n) is 3.35. The van der Waals surface area contributed by atoms with Gasteiger partial charge in [0.05, 0.1) is 11.0 Å². The maximum Gasteiger partial charge on any atom is 0.123 e. The van der Waals surface area contributed by atoms with Gasteiger partial charge >= 0.3 is 0 Å². The predicted molar refractivity (Wildman–Crippen MR) is 79.4 cm³/mol. The van der Waals surface area contributed by atoms with Gasteiger partial charge in [0.25, 0.3) is 0 Å². The van der Waals surface area contributed by atoms with Gasteiger partial charge in [-0.25, -0.2) is 9.37 Å². The number of fused-ring (bicyclic) bond motifs is 1. The Morgan fingerprint density at radius 2 is 1.85 bits per heavy atom. The molecule has 0 saturated heterocycles. The summed E-state index contributed by atoms with van der Waals surface area (Å²) in [5, 5.41) is 3.29. The molecule has 20 heavy (non-hydrogen) atoms. The fraction of sp³-hybridized carbons (Fsp3) is 0.188. The molecular formula is C16H16FN3. The zero-order valence-corrected chi connectivity index (χ0v) is 11.3. The van der Waals surface area contributed by atoms with Crippen LogP contribution in [0.25, 0.3) is 11.0 Å². The lowest BCUT2D eigenvalue weighted by molar-refractivity contribution is 0.628. The van der Waals surface area contributed by atoms with E-state index in [1.807, 2.05) is 25.1 Å². The van der Waals surface area contributed by atoms with Crippen LogP contribution in [0.1, 0.15) is 5.82 Å². The summed E-state index contributed by atoms with van der Waals surface area (Å²) in [5.41, 5.74) is 3.09. The Balaban J connectivity index is 1.71. The van der Waals surface area contributed by atoms with Gasteiger partial charge in [-0.2, -0.15) is 0 Å². The number of aromatic nitrogens is 2. The molecule has 0 radical (unpaired) electrons. The molecule has 0 aliphatic rings. The second-order valence-corrected chi connectivity index (χ2v) is 4.73. The minimum atomic E-state index is -0.216. The molecule has 4 heteroatoms. The average molecular weight is 269 g/mol. The number of rotatable bonds is 4. The lowest BCUT2D eigenvalue weighted by Gasteiger charge is -2.09. The number of hydrogen-bond donors (Lipinski definition) is 1. The number of imidazole rings is 1. The molecule has 1 heterocycles. The van der Waals surface area contributed by atoms with E-state index in [1.165, 1.54) is 12.1 Å². The molecule has 0 aliphatic heterocycles. The van der Waals surface area contributed by atoms with E-state index in [4.69, 9.17) is 0 Å². The number of halogens is 1. The summed E-state index contributed by atoms with van der Waals surface area (Å²) in [6.45, 7) is 3.61. The number of benzene rings is 2. The quantitative estimate of drug-likeness (QED) is 0.784. The Morgan fingerprint density at radius 3 is 2.65 bits per heavy atom. The first-order chi connectivity index (χ1) is 9.74. The molecule has 0 bridgehead atoms. The first kappa shape index (κ1) is 12.7. The van der Waals surface area contributed by atoms with Crippen molar-refractivity contribution in [3.8, 4) is 0 Å². The van der Waals surface area contributed by atoms with E-state index in [1.54, 1.807) is 12.1 Å². The van der Waals surface area contributed by atoms with E-state index in [0.717, 1.165) is 35.6 Å². The van der Waals surface area contributed by atoms with Gasteiger partial charge in [0.15, 0.2) is 0 Å². The van der Waals surface area contributed by atoms with Crippen molar-refractivity contribution in [1.82, 2.24) is 9.55 Å². The fourth-order valence-electron chi connectivity index (χ4n) is 2.36. The molecule has 1 aromatic heterocycles. The molecule has 102 valence electrons. The Bertz CT molecular complexity index is 716. The van der Waals surface area contributed by atoms with Gasteiger partial charge in [0, 0.05) is 18.8 Å². The zero-order chi connectivity index (χ0) is 13.9. The van der Waals surface area contributed by atoms with Crippen molar-refractivity contribution >= 4 is 16.7 Å². The highest BCUT2D eigenvalue weighted by Gasteiger charge is 2.05. The van der Waals surface area contributed by atoms with E-state index in [9.17, 15) is 4.39 Å². The standard InChI is InChI=1S/C16H16FN3/c1-12-19-15-4-2-3-5-16(15)20(12)11-10-18-14-8-6-13(17)7-9-14/h2-9,18H,10-11H2,1H3. The summed E-state index contributed by atoms with van der Waals surface area (Å²) in [6, 6.07) is 14.5. The molecule has 0 fully saturated rings. The van der Waals surface area contributed by atoms with Gasteiger partial charge < -0.3 is 9.88 Å². The van der Waals surface area contributed by atoms with Gasteiger partial charge in [-0.05, 0) is 43.3 Å². The van der Waals surface area contributed by atoms with Gasteiger partial charge in [0.2, 0.25) is 0 Å². The zero-order valence-electron chi connectivity index (χ0n) is 11.3. The maximum absolute atomic E-state index is 12.8. The smallest absolute Gasteiger partial charge is 0.123 e. The molecule has 3 rings (SSSR count). The summed E-state index contributed by atoms with van der Waals surface area (Å²) in [6.07, 6.45) is 0. The molecule has 0 unspecified atom stereocenters. The summed E-state index contributed by atoms with van der Waals surface area (Å²) < 4.78 is 15.0. The van der Waals surface area contributed by atoms with Crippen molar-refractivity contribution in [1.29, 1.82) is 0 Å². The monoisotopic (exact) mass is 269 g/mol. The fourth-order valence-corrected chi connectivity index (χ4v) is 2.36. The largest absolute Gasteiger partial charge is 0.383 e. The second kappa shape index (κ2) is 5.33. The van der Waals surface area contributed by atoms with E-state index in [-0.39, 0.29) is 5.82 Å². The molecule has 0 spiro atoms. The predicted octanol–water partition coefficient (Wildman–Crippen LogP) is 3.60. The summed E-state index contributed by atoms with van der Waals surface area (Å²) in [7, 11) is 0. The van der Waals surface area contributed by atoms with Crippen LogP contribution in [0.5, 0.6) is 0 Å². The molecule has 1 N–H and O–H groups in total. The highest BCUT2D eigenvalue weighted by Crippen LogP contribution is 2.15. The molecule has 3 nitrogen and oxygen atoms in total. The topological polar surface area (TPSA) is 29.9 Å². The number of nitrogens with one attached hydrogen (secondary N) is 1. The van der Waals surface area contributed by atoms with Crippen LogP contribution in [0.3, 0.4) is 0 Å². The van der Waals surface area contributed by atoms with Gasteiger partial charge in [-0.3, -0.25) is 0 Å². The van der Waals surface area contributed by atoms with Gasteiger partial charge in [-0.1, -0.05) is 12.1 Å². The van der Waals surface area contributed by atoms with Crippen molar-refractivity contribution in [2.75, 3.05) is 11.9 Å². The molecule has 0 atom stereocenters. The maximum atomic E-state index is 12.8. The average Bonchev–Trinajstić information content (AvgIpc) is 2.77. The summed E-state index contributed by atoms with van der Waals surface area (Å²) >= 11 is 0. The molecular weight excluding hydrogens is 253 g/mol. The number of para-hydroxylation sites is 2. The Morgan fingerprint density at radius 1 is 1.10 bits per heavy atom. The van der Waals surface area contributed by atoms with Crippen LogP contribution < -0.4 is 5.32 Å². The number of nitrogens with zero attached hydrogens (tertiary/aromatic N) is 2. The van der Waals surface area contributed by atoms with Crippen molar-refractivity contribution in [2.45, 2.75) is 13.5 Å². The van der Waals surface area contributed by atoms with Crippen LogP contribution in [0.15, 0.2) is 48.5 Å².